The Hall–Kier alpha value is -6.38. The number of nitrogens with zero attached hydrogens (tertiary/aromatic N) is 2. The van der Waals surface area contributed by atoms with Crippen molar-refractivity contribution in [1.82, 2.24) is 0 Å². The minimum absolute atomic E-state index is 0.504. The van der Waals surface area contributed by atoms with Gasteiger partial charge in [-0.15, -0.1) is 0 Å². The van der Waals surface area contributed by atoms with Gasteiger partial charge < -0.3 is 9.80 Å². The van der Waals surface area contributed by atoms with Gasteiger partial charge in [0.2, 0.25) is 0 Å². The van der Waals surface area contributed by atoms with E-state index < -0.39 is 0 Å². The smallest absolute Gasteiger partial charge is 0.0493 e. The van der Waals surface area contributed by atoms with E-state index in [2.05, 4.69) is 210 Å². The normalized spacial score (nSPS) is 13.1. The number of fused-ring (bicyclic) bond motifs is 1. The van der Waals surface area contributed by atoms with Crippen molar-refractivity contribution in [3.8, 4) is 33.4 Å². The lowest BCUT2D eigenvalue weighted by molar-refractivity contribution is 0.436. The minimum Gasteiger partial charge on any atom is -0.338 e. The Kier molecular flexibility index (Phi) is 9.48. The summed E-state index contributed by atoms with van der Waals surface area (Å²) in [5.41, 5.74) is 13.2. The molecule has 0 heterocycles. The van der Waals surface area contributed by atoms with E-state index in [0.29, 0.717) is 6.04 Å². The summed E-state index contributed by atoms with van der Waals surface area (Å²) in [6, 6.07) is 73.3. The summed E-state index contributed by atoms with van der Waals surface area (Å²) < 4.78 is 0. The molecule has 0 radical (unpaired) electrons. The Morgan fingerprint density at radius 1 is 0.315 bits per heavy atom. The van der Waals surface area contributed by atoms with Crippen LogP contribution in [0.4, 0.5) is 28.4 Å². The zero-order valence-electron chi connectivity index (χ0n) is 30.6. The van der Waals surface area contributed by atoms with Gasteiger partial charge in [0.15, 0.2) is 0 Å². The molecule has 0 spiro atoms. The van der Waals surface area contributed by atoms with Gasteiger partial charge in [0, 0.05) is 39.9 Å². The average molecular weight is 697 g/mol. The van der Waals surface area contributed by atoms with Gasteiger partial charge in [0.25, 0.3) is 0 Å². The molecule has 8 aromatic carbocycles. The van der Waals surface area contributed by atoms with E-state index in [-0.39, 0.29) is 0 Å². The van der Waals surface area contributed by atoms with Crippen molar-refractivity contribution in [1.29, 1.82) is 0 Å². The van der Waals surface area contributed by atoms with Crippen molar-refractivity contribution >= 4 is 39.2 Å². The van der Waals surface area contributed by atoms with Crippen molar-refractivity contribution in [2.24, 2.45) is 0 Å². The molecule has 0 aliphatic heterocycles. The Morgan fingerprint density at radius 2 is 0.704 bits per heavy atom. The molecule has 2 heteroatoms. The molecule has 1 aliphatic rings. The second kappa shape index (κ2) is 15.3. The fraction of sp³-hybridized carbons (Fsp3) is 0.115. The zero-order chi connectivity index (χ0) is 36.1. The first-order valence-electron chi connectivity index (χ1n) is 19.4. The van der Waals surface area contributed by atoms with Crippen molar-refractivity contribution in [3.63, 3.8) is 0 Å². The van der Waals surface area contributed by atoms with Crippen LogP contribution in [0.3, 0.4) is 0 Å². The molecule has 0 aromatic heterocycles. The predicted molar refractivity (Wildman–Crippen MR) is 230 cm³/mol. The molecule has 0 atom stereocenters. The molecular weight excluding hydrogens is 653 g/mol. The van der Waals surface area contributed by atoms with Crippen LogP contribution in [0.1, 0.15) is 32.1 Å². The molecule has 1 saturated carbocycles. The molecule has 1 fully saturated rings. The molecule has 0 amide bonds. The molecule has 2 nitrogen and oxygen atoms in total. The van der Waals surface area contributed by atoms with Crippen LogP contribution >= 0.6 is 0 Å². The number of hydrogen-bond donors (Lipinski definition) is 0. The van der Waals surface area contributed by atoms with Crippen molar-refractivity contribution < 1.29 is 0 Å². The lowest BCUT2D eigenvalue weighted by atomic mass is 9.92. The van der Waals surface area contributed by atoms with Crippen LogP contribution in [0.5, 0.6) is 0 Å². The average Bonchev–Trinajstić information content (AvgIpc) is 3.26. The molecule has 8 aromatic rings. The van der Waals surface area contributed by atoms with E-state index in [1.807, 2.05) is 0 Å². The summed E-state index contributed by atoms with van der Waals surface area (Å²) in [5.74, 6) is 0. The van der Waals surface area contributed by atoms with Gasteiger partial charge in [-0.2, -0.15) is 0 Å². The first-order chi connectivity index (χ1) is 26.8. The standard InChI is InChI=1S/C52H44N2/c1-4-13-39(14-5-1)41-23-31-47(32-24-41)53(48-33-25-42(26-34-48)40-15-6-2-7-16-40)49-35-27-43(28-36-49)44-29-37-50(38-30-44)54(46-19-8-3-9-20-46)52-22-12-18-45-17-10-11-21-51(45)52/h1-2,4-7,10-18,21-38,46H,3,8-9,19-20H2. The monoisotopic (exact) mass is 696 g/mol. The molecule has 0 N–H and O–H groups in total. The largest absolute Gasteiger partial charge is 0.338 e. The third-order valence-electron chi connectivity index (χ3n) is 11.0. The van der Waals surface area contributed by atoms with Gasteiger partial charge in [-0.05, 0) is 106 Å². The fourth-order valence-electron chi connectivity index (χ4n) is 8.24. The molecule has 0 unspecified atom stereocenters. The van der Waals surface area contributed by atoms with Gasteiger partial charge in [-0.25, -0.2) is 0 Å². The number of anilines is 5. The molecule has 0 saturated heterocycles. The van der Waals surface area contributed by atoms with E-state index in [1.54, 1.807) is 0 Å². The molecule has 0 bridgehead atoms. The Balaban J connectivity index is 1.03. The van der Waals surface area contributed by atoms with E-state index in [0.717, 1.165) is 17.1 Å². The second-order valence-corrected chi connectivity index (χ2v) is 14.4. The maximum atomic E-state index is 2.62. The topological polar surface area (TPSA) is 6.48 Å². The van der Waals surface area contributed by atoms with E-state index >= 15 is 0 Å². The molecular formula is C52H44N2. The Labute approximate surface area is 319 Å². The van der Waals surface area contributed by atoms with Crippen molar-refractivity contribution in [3.05, 3.63) is 200 Å². The van der Waals surface area contributed by atoms with Crippen LogP contribution in [0, 0.1) is 0 Å². The van der Waals surface area contributed by atoms with Gasteiger partial charge in [0.05, 0.1) is 0 Å². The summed E-state index contributed by atoms with van der Waals surface area (Å²) in [4.78, 5) is 4.97. The van der Waals surface area contributed by atoms with Crippen LogP contribution in [0.25, 0.3) is 44.2 Å². The number of benzene rings is 8. The van der Waals surface area contributed by atoms with Crippen LogP contribution in [-0.4, -0.2) is 6.04 Å². The number of hydrogen-bond acceptors (Lipinski definition) is 2. The second-order valence-electron chi connectivity index (χ2n) is 14.4. The summed E-state index contributed by atoms with van der Waals surface area (Å²) >= 11 is 0. The van der Waals surface area contributed by atoms with E-state index in [4.69, 9.17) is 0 Å². The highest BCUT2D eigenvalue weighted by atomic mass is 15.2. The van der Waals surface area contributed by atoms with Gasteiger partial charge in [0.1, 0.15) is 0 Å². The molecule has 9 rings (SSSR count). The third-order valence-corrected chi connectivity index (χ3v) is 11.0. The van der Waals surface area contributed by atoms with Crippen molar-refractivity contribution in [2.75, 3.05) is 9.80 Å². The van der Waals surface area contributed by atoms with Crippen LogP contribution in [0.15, 0.2) is 200 Å². The Morgan fingerprint density at radius 3 is 1.19 bits per heavy atom. The maximum absolute atomic E-state index is 2.62. The highest BCUT2D eigenvalue weighted by Gasteiger charge is 2.24. The highest BCUT2D eigenvalue weighted by molar-refractivity contribution is 5.96. The van der Waals surface area contributed by atoms with Gasteiger partial charge in [-0.3, -0.25) is 0 Å². The quantitative estimate of drug-likeness (QED) is 0.148. The van der Waals surface area contributed by atoms with Gasteiger partial charge >= 0.3 is 0 Å². The first kappa shape index (κ1) is 33.5. The summed E-state index contributed by atoms with van der Waals surface area (Å²) in [6.07, 6.45) is 6.38. The minimum atomic E-state index is 0.504. The highest BCUT2D eigenvalue weighted by Crippen LogP contribution is 2.40. The van der Waals surface area contributed by atoms with Crippen LogP contribution in [0.2, 0.25) is 0 Å². The molecule has 54 heavy (non-hydrogen) atoms. The van der Waals surface area contributed by atoms with Crippen molar-refractivity contribution in [2.45, 2.75) is 38.1 Å². The maximum Gasteiger partial charge on any atom is 0.0493 e. The third kappa shape index (κ3) is 6.91. The number of rotatable bonds is 9. The molecule has 262 valence electrons. The molecule has 1 aliphatic carbocycles. The Bertz CT molecular complexity index is 2340. The summed E-state index contributed by atoms with van der Waals surface area (Å²) in [6.45, 7) is 0. The first-order valence-corrected chi connectivity index (χ1v) is 19.4. The lowest BCUT2D eigenvalue weighted by Crippen LogP contribution is -2.33. The lowest BCUT2D eigenvalue weighted by Gasteiger charge is -2.37. The fourth-order valence-corrected chi connectivity index (χ4v) is 8.24. The SMILES string of the molecule is c1ccc(-c2ccc(N(c3ccc(-c4ccccc4)cc3)c3ccc(-c4ccc(N(c5cccc6ccccc56)C5CCCCC5)cc4)cc3)cc2)cc1. The van der Waals surface area contributed by atoms with E-state index in [1.165, 1.54) is 87.6 Å². The van der Waals surface area contributed by atoms with E-state index in [9.17, 15) is 0 Å². The summed E-state index contributed by atoms with van der Waals surface area (Å²) in [7, 11) is 0. The van der Waals surface area contributed by atoms with Crippen LogP contribution in [-0.2, 0) is 0 Å². The summed E-state index contributed by atoms with van der Waals surface area (Å²) in [5, 5.41) is 2.61. The predicted octanol–water partition coefficient (Wildman–Crippen LogP) is 14.8. The zero-order valence-corrected chi connectivity index (χ0v) is 30.6. The van der Waals surface area contributed by atoms with Crippen LogP contribution < -0.4 is 9.80 Å². The van der Waals surface area contributed by atoms with Gasteiger partial charge in [-0.1, -0.05) is 165 Å².